The second-order valence-electron chi connectivity index (χ2n) is 6.55. The quantitative estimate of drug-likeness (QED) is 0.649. The molecule has 0 bridgehead atoms. The molecule has 1 aromatic rings. The lowest BCUT2D eigenvalue weighted by Crippen LogP contribution is -2.46. The van der Waals surface area contributed by atoms with Crippen molar-refractivity contribution in [3.8, 4) is 0 Å². The van der Waals surface area contributed by atoms with Gasteiger partial charge in [0.1, 0.15) is 5.82 Å². The zero-order valence-electron chi connectivity index (χ0n) is 13.8. The van der Waals surface area contributed by atoms with Crippen molar-refractivity contribution in [2.45, 2.75) is 37.2 Å². The van der Waals surface area contributed by atoms with Crippen LogP contribution < -0.4 is 0 Å². The second kappa shape index (κ2) is 7.86. The van der Waals surface area contributed by atoms with Crippen LogP contribution in [-0.4, -0.2) is 53.4 Å². The topological polar surface area (TPSA) is 32.8 Å². The van der Waals surface area contributed by atoms with Gasteiger partial charge in [0.25, 0.3) is 0 Å². The van der Waals surface area contributed by atoms with E-state index in [0.29, 0.717) is 19.0 Å². The van der Waals surface area contributed by atoms with Crippen LogP contribution in [0.25, 0.3) is 0 Å². The number of amides is 2. The number of carbonyl (C=O) groups is 1. The van der Waals surface area contributed by atoms with Gasteiger partial charge < -0.3 is 14.5 Å². The summed E-state index contributed by atoms with van der Waals surface area (Å²) >= 11 is 4.46. The largest absolute Gasteiger partial charge is 0.375 e. The minimum Gasteiger partial charge on any atom is -0.375 e. The van der Waals surface area contributed by atoms with E-state index in [-0.39, 0.29) is 36.1 Å². The maximum atomic E-state index is 13.6. The number of likely N-dealkylation sites (tertiary alicyclic amines) is 2. The third kappa shape index (κ3) is 4.23. The van der Waals surface area contributed by atoms with Crippen molar-refractivity contribution in [3.05, 3.63) is 35.1 Å². The minimum absolute atomic E-state index is 0.0124. The van der Waals surface area contributed by atoms with E-state index in [0.717, 1.165) is 32.0 Å². The first kappa shape index (κ1) is 18.4. The SMILES string of the molecule is O=C(N1CCCC1)N1CC(S)CC1COCc1cc(F)c(F)cc1F. The Balaban J connectivity index is 1.57. The van der Waals surface area contributed by atoms with Gasteiger partial charge in [0, 0.05) is 36.5 Å². The van der Waals surface area contributed by atoms with E-state index in [1.165, 1.54) is 0 Å². The molecule has 25 heavy (non-hydrogen) atoms. The summed E-state index contributed by atoms with van der Waals surface area (Å²) in [6.07, 6.45) is 2.71. The Bertz CT molecular complexity index is 641. The standard InChI is InChI=1S/C17H21F3N2O2S/c18-14-7-16(20)15(19)5-11(14)9-24-10-12-6-13(25)8-22(12)17(23)21-3-1-2-4-21/h5,7,12-13,25H,1-4,6,8-10H2. The van der Waals surface area contributed by atoms with Gasteiger partial charge in [0.15, 0.2) is 11.6 Å². The highest BCUT2D eigenvalue weighted by Gasteiger charge is 2.36. The van der Waals surface area contributed by atoms with Crippen LogP contribution in [0.3, 0.4) is 0 Å². The van der Waals surface area contributed by atoms with E-state index in [4.69, 9.17) is 4.74 Å². The van der Waals surface area contributed by atoms with Gasteiger partial charge in [0.05, 0.1) is 19.3 Å². The van der Waals surface area contributed by atoms with Crippen molar-refractivity contribution in [1.29, 1.82) is 0 Å². The Morgan fingerprint density at radius 2 is 1.84 bits per heavy atom. The Morgan fingerprint density at radius 3 is 2.56 bits per heavy atom. The van der Waals surface area contributed by atoms with E-state index < -0.39 is 17.5 Å². The highest BCUT2D eigenvalue weighted by atomic mass is 32.1. The first-order valence-electron chi connectivity index (χ1n) is 8.40. The monoisotopic (exact) mass is 374 g/mol. The Morgan fingerprint density at radius 1 is 1.16 bits per heavy atom. The Labute approximate surface area is 150 Å². The van der Waals surface area contributed by atoms with Gasteiger partial charge in [-0.15, -0.1) is 0 Å². The van der Waals surface area contributed by atoms with Gasteiger partial charge in [0.2, 0.25) is 0 Å². The van der Waals surface area contributed by atoms with Crippen molar-refractivity contribution in [3.63, 3.8) is 0 Å². The maximum absolute atomic E-state index is 13.6. The maximum Gasteiger partial charge on any atom is 0.320 e. The van der Waals surface area contributed by atoms with Gasteiger partial charge in [-0.25, -0.2) is 18.0 Å². The summed E-state index contributed by atoms with van der Waals surface area (Å²) in [5, 5.41) is 0.0696. The van der Waals surface area contributed by atoms with E-state index in [9.17, 15) is 18.0 Å². The van der Waals surface area contributed by atoms with E-state index in [1.54, 1.807) is 4.90 Å². The fourth-order valence-electron chi connectivity index (χ4n) is 3.35. The molecule has 4 nitrogen and oxygen atoms in total. The number of rotatable bonds is 4. The Kier molecular flexibility index (Phi) is 5.78. The summed E-state index contributed by atoms with van der Waals surface area (Å²) in [4.78, 5) is 16.2. The number of halogens is 3. The van der Waals surface area contributed by atoms with Crippen molar-refractivity contribution in [2.24, 2.45) is 0 Å². The second-order valence-corrected chi connectivity index (χ2v) is 7.28. The van der Waals surface area contributed by atoms with Gasteiger partial charge in [-0.2, -0.15) is 12.6 Å². The normalized spacial score (nSPS) is 23.5. The Hall–Kier alpha value is -1.41. The lowest BCUT2D eigenvalue weighted by Gasteiger charge is -2.29. The highest BCUT2D eigenvalue weighted by Crippen LogP contribution is 2.25. The van der Waals surface area contributed by atoms with Gasteiger partial charge >= 0.3 is 6.03 Å². The molecule has 2 aliphatic heterocycles. The third-order valence-electron chi connectivity index (χ3n) is 4.67. The molecule has 2 amide bonds. The molecular weight excluding hydrogens is 353 g/mol. The van der Waals surface area contributed by atoms with E-state index in [2.05, 4.69) is 12.6 Å². The molecule has 1 aromatic carbocycles. The summed E-state index contributed by atoms with van der Waals surface area (Å²) in [6, 6.07) is 1.15. The van der Waals surface area contributed by atoms with Crippen LogP contribution >= 0.6 is 12.6 Å². The zero-order valence-corrected chi connectivity index (χ0v) is 14.7. The number of nitrogens with zero attached hydrogens (tertiary/aromatic N) is 2. The minimum atomic E-state index is -1.22. The lowest BCUT2D eigenvalue weighted by molar-refractivity contribution is 0.0677. The van der Waals surface area contributed by atoms with Crippen molar-refractivity contribution in [2.75, 3.05) is 26.2 Å². The van der Waals surface area contributed by atoms with E-state index in [1.807, 2.05) is 4.90 Å². The molecule has 2 fully saturated rings. The average Bonchev–Trinajstić information content (AvgIpc) is 3.21. The van der Waals surface area contributed by atoms with Crippen molar-refractivity contribution in [1.82, 2.24) is 9.80 Å². The molecule has 2 unspecified atom stereocenters. The molecule has 0 aliphatic carbocycles. The summed E-state index contributed by atoms with van der Waals surface area (Å²) < 4.78 is 45.3. The zero-order chi connectivity index (χ0) is 18.0. The molecule has 2 saturated heterocycles. The number of hydrogen-bond donors (Lipinski definition) is 1. The van der Waals surface area contributed by atoms with Gasteiger partial charge in [-0.05, 0) is 25.3 Å². The van der Waals surface area contributed by atoms with Crippen LogP contribution in [0.1, 0.15) is 24.8 Å². The van der Waals surface area contributed by atoms with Crippen LogP contribution in [0.2, 0.25) is 0 Å². The molecule has 2 atom stereocenters. The van der Waals surface area contributed by atoms with Crippen LogP contribution in [0.15, 0.2) is 12.1 Å². The number of urea groups is 1. The predicted octanol–water partition coefficient (Wildman–Crippen LogP) is 3.21. The van der Waals surface area contributed by atoms with Crippen LogP contribution in [0, 0.1) is 17.5 Å². The smallest absolute Gasteiger partial charge is 0.320 e. The molecule has 0 saturated carbocycles. The fraction of sp³-hybridized carbons (Fsp3) is 0.588. The summed E-state index contributed by atoms with van der Waals surface area (Å²) in [5.41, 5.74) is -0.0447. The van der Waals surface area contributed by atoms with Crippen LogP contribution in [0.4, 0.5) is 18.0 Å². The highest BCUT2D eigenvalue weighted by molar-refractivity contribution is 7.81. The third-order valence-corrected chi connectivity index (χ3v) is 5.05. The van der Waals surface area contributed by atoms with Gasteiger partial charge in [-0.3, -0.25) is 0 Å². The molecule has 2 aliphatic rings. The summed E-state index contributed by atoms with van der Waals surface area (Å²) in [7, 11) is 0. The number of benzene rings is 1. The molecule has 2 heterocycles. The number of ether oxygens (including phenoxy) is 1. The first-order valence-corrected chi connectivity index (χ1v) is 8.92. The van der Waals surface area contributed by atoms with Crippen LogP contribution in [-0.2, 0) is 11.3 Å². The van der Waals surface area contributed by atoms with Crippen LogP contribution in [0.5, 0.6) is 0 Å². The number of hydrogen-bond acceptors (Lipinski definition) is 3. The first-order chi connectivity index (χ1) is 12.0. The molecule has 0 aromatic heterocycles. The summed E-state index contributed by atoms with van der Waals surface area (Å²) in [5.74, 6) is -3.18. The molecule has 0 spiro atoms. The fourth-order valence-corrected chi connectivity index (χ4v) is 3.77. The number of thiol groups is 1. The van der Waals surface area contributed by atoms with Crippen molar-refractivity contribution < 1.29 is 22.7 Å². The van der Waals surface area contributed by atoms with E-state index >= 15 is 0 Å². The molecule has 0 N–H and O–H groups in total. The molecule has 0 radical (unpaired) electrons. The molecular formula is C17H21F3N2O2S. The van der Waals surface area contributed by atoms with Gasteiger partial charge in [-0.1, -0.05) is 0 Å². The average molecular weight is 374 g/mol. The predicted molar refractivity (Wildman–Crippen MR) is 90.1 cm³/mol. The summed E-state index contributed by atoms with van der Waals surface area (Å²) in [6.45, 7) is 2.10. The molecule has 138 valence electrons. The van der Waals surface area contributed by atoms with Crippen molar-refractivity contribution >= 4 is 18.7 Å². The molecule has 8 heteroatoms. The lowest BCUT2D eigenvalue weighted by atomic mass is 10.2. The number of carbonyl (C=O) groups excluding carboxylic acids is 1. The molecule has 3 rings (SSSR count).